The Kier molecular flexibility index (Phi) is 6.25. The third-order valence-electron chi connectivity index (χ3n) is 13.3. The molecular weight excluding hydrogens is 460 g/mol. The van der Waals surface area contributed by atoms with Crippen molar-refractivity contribution in [3.8, 4) is 0 Å². The lowest BCUT2D eigenvalue weighted by Crippen LogP contribution is -2.65. The lowest BCUT2D eigenvalue weighted by atomic mass is 9.33. The summed E-state index contributed by atoms with van der Waals surface area (Å²) in [7, 11) is 0. The SMILES string of the molecule is CC(=O)OC1CCC2(C)C(CCC3(C)C2CCC2C4=C(C(C)C)C(=O)CC4(CC=O)CCC23C)C1(C)C. The van der Waals surface area contributed by atoms with E-state index in [0.29, 0.717) is 36.4 Å². The minimum absolute atomic E-state index is 0.00116. The molecule has 0 aliphatic heterocycles. The Morgan fingerprint density at radius 3 is 2.27 bits per heavy atom. The number of rotatable bonds is 4. The van der Waals surface area contributed by atoms with Crippen LogP contribution in [0.2, 0.25) is 0 Å². The number of ketones is 1. The number of hydrogen-bond donors (Lipinski definition) is 0. The maximum atomic E-state index is 13.4. The quantitative estimate of drug-likeness (QED) is 0.290. The van der Waals surface area contributed by atoms with Crippen molar-refractivity contribution in [3.05, 3.63) is 11.1 Å². The molecule has 0 N–H and O–H groups in total. The smallest absolute Gasteiger partial charge is 0.302 e. The number of fused-ring (bicyclic) bond motifs is 7. The Bertz CT molecular complexity index is 1040. The van der Waals surface area contributed by atoms with Gasteiger partial charge in [0.05, 0.1) is 0 Å². The molecule has 0 aromatic rings. The molecular formula is C33H50O4. The molecule has 37 heavy (non-hydrogen) atoms. The standard InChI is InChI=1S/C33H50O4/c1-20(2)27-23(36)19-33(17-18-34)16-15-31(7)22(28(27)33)9-10-25-30(6)13-12-26(37-21(3)35)29(4,5)24(30)11-14-32(25,31)8/h18,20,22,24-26H,9-17,19H2,1-8H3. The monoisotopic (exact) mass is 510 g/mol. The predicted octanol–water partition coefficient (Wildman–Crippen LogP) is 7.49. The fraction of sp³-hybridized carbons (Fsp3) is 0.848. The van der Waals surface area contributed by atoms with Crippen molar-refractivity contribution in [2.24, 2.45) is 50.7 Å². The van der Waals surface area contributed by atoms with E-state index in [1.54, 1.807) is 6.92 Å². The Labute approximate surface area is 224 Å². The lowest BCUT2D eigenvalue weighted by Gasteiger charge is -2.72. The highest BCUT2D eigenvalue weighted by Gasteiger charge is 2.70. The number of esters is 1. The summed E-state index contributed by atoms with van der Waals surface area (Å²) < 4.78 is 5.89. The van der Waals surface area contributed by atoms with E-state index in [1.807, 2.05) is 0 Å². The first-order valence-corrected chi connectivity index (χ1v) is 15.1. The molecule has 8 unspecified atom stereocenters. The molecule has 4 fully saturated rings. The molecule has 0 spiro atoms. The van der Waals surface area contributed by atoms with Gasteiger partial charge in [-0.2, -0.15) is 0 Å². The van der Waals surface area contributed by atoms with E-state index in [-0.39, 0.29) is 45.1 Å². The van der Waals surface area contributed by atoms with Crippen LogP contribution in [0, 0.1) is 50.7 Å². The van der Waals surface area contributed by atoms with Crippen LogP contribution in [-0.2, 0) is 19.1 Å². The van der Waals surface area contributed by atoms with Gasteiger partial charge in [-0.1, -0.05) is 54.0 Å². The van der Waals surface area contributed by atoms with E-state index in [1.165, 1.54) is 24.8 Å². The van der Waals surface area contributed by atoms with E-state index in [4.69, 9.17) is 4.74 Å². The minimum Gasteiger partial charge on any atom is -0.462 e. The number of aldehydes is 1. The van der Waals surface area contributed by atoms with Crippen molar-refractivity contribution in [2.75, 3.05) is 0 Å². The van der Waals surface area contributed by atoms with Gasteiger partial charge in [0.15, 0.2) is 5.78 Å². The van der Waals surface area contributed by atoms with Gasteiger partial charge in [-0.3, -0.25) is 9.59 Å². The first-order valence-electron chi connectivity index (χ1n) is 15.1. The van der Waals surface area contributed by atoms with Gasteiger partial charge in [-0.05, 0) is 96.9 Å². The molecule has 0 bridgehead atoms. The van der Waals surface area contributed by atoms with Crippen LogP contribution in [0.3, 0.4) is 0 Å². The predicted molar refractivity (Wildman–Crippen MR) is 146 cm³/mol. The third kappa shape index (κ3) is 3.48. The van der Waals surface area contributed by atoms with Crippen molar-refractivity contribution in [3.63, 3.8) is 0 Å². The molecule has 206 valence electrons. The molecule has 5 rings (SSSR count). The molecule has 0 aromatic carbocycles. The van der Waals surface area contributed by atoms with Crippen LogP contribution < -0.4 is 0 Å². The van der Waals surface area contributed by atoms with Crippen LogP contribution in [0.15, 0.2) is 11.1 Å². The molecule has 4 saturated carbocycles. The van der Waals surface area contributed by atoms with E-state index >= 15 is 0 Å². The zero-order valence-electron chi connectivity index (χ0n) is 24.7. The first kappa shape index (κ1) is 27.1. The minimum atomic E-state index is -0.225. The lowest BCUT2D eigenvalue weighted by molar-refractivity contribution is -0.232. The zero-order chi connectivity index (χ0) is 27.2. The normalized spacial score (nSPS) is 46.6. The number of carbonyl (C=O) groups is 3. The Hall–Kier alpha value is -1.45. The van der Waals surface area contributed by atoms with Crippen molar-refractivity contribution in [2.45, 2.75) is 126 Å². The molecule has 5 aliphatic rings. The topological polar surface area (TPSA) is 60.4 Å². The van der Waals surface area contributed by atoms with Gasteiger partial charge < -0.3 is 9.53 Å². The molecule has 0 amide bonds. The van der Waals surface area contributed by atoms with Crippen LogP contribution in [0.25, 0.3) is 0 Å². The first-order chi connectivity index (χ1) is 17.2. The number of ether oxygens (including phenoxy) is 1. The number of carbonyl (C=O) groups excluding carboxylic acids is 3. The van der Waals surface area contributed by atoms with E-state index < -0.39 is 0 Å². The second-order valence-corrected chi connectivity index (χ2v) is 15.3. The van der Waals surface area contributed by atoms with Gasteiger partial charge in [0.2, 0.25) is 0 Å². The molecule has 0 heterocycles. The van der Waals surface area contributed by atoms with Crippen molar-refractivity contribution in [1.82, 2.24) is 0 Å². The second kappa shape index (κ2) is 8.52. The Morgan fingerprint density at radius 1 is 0.946 bits per heavy atom. The highest BCUT2D eigenvalue weighted by molar-refractivity contribution is 6.01. The second-order valence-electron chi connectivity index (χ2n) is 15.3. The molecule has 0 aromatic heterocycles. The largest absolute Gasteiger partial charge is 0.462 e. The summed E-state index contributed by atoms with van der Waals surface area (Å²) in [6, 6.07) is 0. The van der Waals surface area contributed by atoms with Crippen LogP contribution in [0.1, 0.15) is 120 Å². The fourth-order valence-corrected chi connectivity index (χ4v) is 11.5. The fourth-order valence-electron chi connectivity index (χ4n) is 11.5. The highest BCUT2D eigenvalue weighted by atomic mass is 16.5. The number of hydrogen-bond acceptors (Lipinski definition) is 4. The van der Waals surface area contributed by atoms with E-state index in [9.17, 15) is 14.4 Å². The van der Waals surface area contributed by atoms with Gasteiger partial charge in [0, 0.05) is 30.6 Å². The molecule has 5 aliphatic carbocycles. The van der Waals surface area contributed by atoms with Crippen LogP contribution in [-0.4, -0.2) is 24.1 Å². The van der Waals surface area contributed by atoms with Gasteiger partial charge >= 0.3 is 5.97 Å². The van der Waals surface area contributed by atoms with Gasteiger partial charge in [-0.15, -0.1) is 0 Å². The summed E-state index contributed by atoms with van der Waals surface area (Å²) in [4.78, 5) is 37.2. The molecule has 8 atom stereocenters. The summed E-state index contributed by atoms with van der Waals surface area (Å²) in [5.74, 6) is 1.93. The maximum absolute atomic E-state index is 13.4. The number of Topliss-reactive ketones (excluding diaryl/α,β-unsaturated/α-hetero) is 1. The summed E-state index contributed by atoms with van der Waals surface area (Å²) in [6.07, 6.45) is 11.0. The summed E-state index contributed by atoms with van der Waals surface area (Å²) in [5, 5.41) is 0. The molecule has 0 saturated heterocycles. The van der Waals surface area contributed by atoms with Gasteiger partial charge in [-0.25, -0.2) is 0 Å². The average molecular weight is 511 g/mol. The van der Waals surface area contributed by atoms with E-state index in [0.717, 1.165) is 44.0 Å². The van der Waals surface area contributed by atoms with Gasteiger partial charge in [0.25, 0.3) is 0 Å². The Morgan fingerprint density at radius 2 is 1.65 bits per heavy atom. The summed E-state index contributed by atoms with van der Waals surface area (Å²) in [6.45, 7) is 18.3. The third-order valence-corrected chi connectivity index (χ3v) is 13.3. The maximum Gasteiger partial charge on any atom is 0.302 e. The molecule has 4 nitrogen and oxygen atoms in total. The highest BCUT2D eigenvalue weighted by Crippen LogP contribution is 2.77. The average Bonchev–Trinajstić information content (AvgIpc) is 3.08. The number of allylic oxidation sites excluding steroid dienone is 2. The van der Waals surface area contributed by atoms with Crippen molar-refractivity contribution in [1.29, 1.82) is 0 Å². The molecule has 0 radical (unpaired) electrons. The van der Waals surface area contributed by atoms with Gasteiger partial charge in [0.1, 0.15) is 12.4 Å². The van der Waals surface area contributed by atoms with Crippen LogP contribution in [0.5, 0.6) is 0 Å². The molecule has 4 heteroatoms. The van der Waals surface area contributed by atoms with Crippen LogP contribution >= 0.6 is 0 Å². The van der Waals surface area contributed by atoms with Crippen LogP contribution in [0.4, 0.5) is 0 Å². The Balaban J connectivity index is 1.56. The van der Waals surface area contributed by atoms with Crippen molar-refractivity contribution >= 4 is 18.0 Å². The summed E-state index contributed by atoms with van der Waals surface area (Å²) >= 11 is 0. The zero-order valence-corrected chi connectivity index (χ0v) is 24.7. The van der Waals surface area contributed by atoms with Crippen molar-refractivity contribution < 1.29 is 19.1 Å². The van der Waals surface area contributed by atoms with E-state index in [2.05, 4.69) is 48.5 Å². The summed E-state index contributed by atoms with van der Waals surface area (Å²) in [5.41, 5.74) is 2.76.